The van der Waals surface area contributed by atoms with E-state index in [9.17, 15) is 4.79 Å². The third kappa shape index (κ3) is 4.30. The van der Waals surface area contributed by atoms with Crippen LogP contribution in [0.2, 0.25) is 5.02 Å². The van der Waals surface area contributed by atoms with Crippen molar-refractivity contribution in [3.63, 3.8) is 0 Å². The molecular weight excluding hydrogens is 262 g/mol. The molecule has 0 aromatic heterocycles. The molecule has 2 aromatic carbocycles. The fourth-order valence-electron chi connectivity index (χ4n) is 1.66. The van der Waals surface area contributed by atoms with Crippen LogP contribution in [0, 0.1) is 0 Å². The summed E-state index contributed by atoms with van der Waals surface area (Å²) in [6.45, 7) is 0.480. The Kier molecular flexibility index (Phi) is 4.42. The lowest BCUT2D eigenvalue weighted by Gasteiger charge is -2.06. The van der Waals surface area contributed by atoms with Crippen molar-refractivity contribution in [2.45, 2.75) is 13.0 Å². The van der Waals surface area contributed by atoms with E-state index in [-0.39, 0.29) is 11.7 Å². The van der Waals surface area contributed by atoms with E-state index in [0.29, 0.717) is 18.0 Å². The molecule has 0 unspecified atom stereocenters. The molecule has 0 aliphatic rings. The summed E-state index contributed by atoms with van der Waals surface area (Å²) in [6.07, 6.45) is 0.299. The minimum absolute atomic E-state index is 0.0550. The highest BCUT2D eigenvalue weighted by atomic mass is 35.5. The Morgan fingerprint density at radius 1 is 1.00 bits per heavy atom. The number of halogens is 1. The molecular formula is C15H14ClNO2. The van der Waals surface area contributed by atoms with Crippen LogP contribution in [0.15, 0.2) is 48.5 Å². The van der Waals surface area contributed by atoms with Crippen LogP contribution in [0.1, 0.15) is 11.1 Å². The van der Waals surface area contributed by atoms with E-state index in [1.807, 2.05) is 12.1 Å². The van der Waals surface area contributed by atoms with Gasteiger partial charge in [0.25, 0.3) is 0 Å². The topological polar surface area (TPSA) is 49.3 Å². The van der Waals surface area contributed by atoms with Crippen LogP contribution >= 0.6 is 11.6 Å². The van der Waals surface area contributed by atoms with Crippen LogP contribution in [0.3, 0.4) is 0 Å². The Labute approximate surface area is 116 Å². The fraction of sp³-hybridized carbons (Fsp3) is 0.133. The molecule has 0 aliphatic heterocycles. The monoisotopic (exact) mass is 275 g/mol. The van der Waals surface area contributed by atoms with Gasteiger partial charge in [0.15, 0.2) is 0 Å². The van der Waals surface area contributed by atoms with Gasteiger partial charge in [0.1, 0.15) is 5.75 Å². The number of carbonyl (C=O) groups is 1. The van der Waals surface area contributed by atoms with E-state index in [0.717, 1.165) is 11.1 Å². The summed E-state index contributed by atoms with van der Waals surface area (Å²) in [6, 6.07) is 14.0. The number of carbonyl (C=O) groups excluding carboxylic acids is 1. The first-order valence-electron chi connectivity index (χ1n) is 5.92. The normalized spacial score (nSPS) is 10.2. The van der Waals surface area contributed by atoms with Crippen molar-refractivity contribution in [3.05, 3.63) is 64.7 Å². The molecule has 0 aliphatic carbocycles. The predicted octanol–water partition coefficient (Wildman–Crippen LogP) is 2.90. The number of phenols is 1. The van der Waals surface area contributed by atoms with Gasteiger partial charge in [-0.25, -0.2) is 0 Å². The SMILES string of the molecule is O=C(Cc1ccc(O)cc1)NCc1ccc(Cl)cc1. The minimum Gasteiger partial charge on any atom is -0.508 e. The second kappa shape index (κ2) is 6.25. The van der Waals surface area contributed by atoms with Crippen molar-refractivity contribution in [1.29, 1.82) is 0 Å². The minimum atomic E-state index is -0.0550. The maximum atomic E-state index is 11.7. The van der Waals surface area contributed by atoms with E-state index in [4.69, 9.17) is 16.7 Å². The summed E-state index contributed by atoms with van der Waals surface area (Å²) in [5.41, 5.74) is 1.87. The Morgan fingerprint density at radius 3 is 2.21 bits per heavy atom. The van der Waals surface area contributed by atoms with E-state index >= 15 is 0 Å². The van der Waals surface area contributed by atoms with Crippen molar-refractivity contribution in [3.8, 4) is 5.75 Å². The second-order valence-corrected chi connectivity index (χ2v) is 4.68. The van der Waals surface area contributed by atoms with Crippen LogP contribution in [-0.2, 0) is 17.8 Å². The van der Waals surface area contributed by atoms with Crippen LogP contribution in [0.25, 0.3) is 0 Å². The number of phenolic OH excluding ortho intramolecular Hbond substituents is 1. The first-order valence-corrected chi connectivity index (χ1v) is 6.30. The standard InChI is InChI=1S/C15H14ClNO2/c16-13-5-1-12(2-6-13)10-17-15(19)9-11-3-7-14(18)8-4-11/h1-8,18H,9-10H2,(H,17,19). The average molecular weight is 276 g/mol. The Bertz CT molecular complexity index is 549. The van der Waals surface area contributed by atoms with Gasteiger partial charge in [-0.15, -0.1) is 0 Å². The lowest BCUT2D eigenvalue weighted by Crippen LogP contribution is -2.24. The van der Waals surface area contributed by atoms with Crippen LogP contribution in [-0.4, -0.2) is 11.0 Å². The molecule has 0 bridgehead atoms. The van der Waals surface area contributed by atoms with Crippen molar-refractivity contribution < 1.29 is 9.90 Å². The van der Waals surface area contributed by atoms with Crippen molar-refractivity contribution >= 4 is 17.5 Å². The first kappa shape index (κ1) is 13.4. The summed E-state index contributed by atoms with van der Waals surface area (Å²) in [7, 11) is 0. The third-order valence-electron chi connectivity index (χ3n) is 2.70. The largest absolute Gasteiger partial charge is 0.508 e. The maximum absolute atomic E-state index is 11.7. The van der Waals surface area contributed by atoms with E-state index in [1.165, 1.54) is 0 Å². The molecule has 0 spiro atoms. The van der Waals surface area contributed by atoms with Crippen LogP contribution in [0.5, 0.6) is 5.75 Å². The second-order valence-electron chi connectivity index (χ2n) is 4.25. The molecule has 2 N–H and O–H groups in total. The summed E-state index contributed by atoms with van der Waals surface area (Å²) in [5.74, 6) is 0.144. The number of aromatic hydroxyl groups is 1. The summed E-state index contributed by atoms with van der Waals surface area (Å²) >= 11 is 5.79. The van der Waals surface area contributed by atoms with Gasteiger partial charge in [-0.3, -0.25) is 4.79 Å². The van der Waals surface area contributed by atoms with Gasteiger partial charge in [0.05, 0.1) is 6.42 Å². The molecule has 0 fully saturated rings. The zero-order chi connectivity index (χ0) is 13.7. The fourth-order valence-corrected chi connectivity index (χ4v) is 1.79. The van der Waals surface area contributed by atoms with Crippen molar-refractivity contribution in [2.24, 2.45) is 0 Å². The molecule has 1 amide bonds. The lowest BCUT2D eigenvalue weighted by atomic mass is 10.1. The van der Waals surface area contributed by atoms with Gasteiger partial charge in [-0.2, -0.15) is 0 Å². The Balaban J connectivity index is 1.84. The maximum Gasteiger partial charge on any atom is 0.224 e. The highest BCUT2D eigenvalue weighted by molar-refractivity contribution is 6.30. The first-order chi connectivity index (χ1) is 9.13. The van der Waals surface area contributed by atoms with Gasteiger partial charge >= 0.3 is 0 Å². The number of rotatable bonds is 4. The van der Waals surface area contributed by atoms with Gasteiger partial charge in [0, 0.05) is 11.6 Å². The summed E-state index contributed by atoms with van der Waals surface area (Å²) in [4.78, 5) is 11.7. The molecule has 0 heterocycles. The van der Waals surface area contributed by atoms with E-state index in [2.05, 4.69) is 5.32 Å². The highest BCUT2D eigenvalue weighted by Crippen LogP contribution is 2.11. The molecule has 0 atom stereocenters. The number of hydrogen-bond acceptors (Lipinski definition) is 2. The predicted molar refractivity (Wildman–Crippen MR) is 75.1 cm³/mol. The quantitative estimate of drug-likeness (QED) is 0.901. The Morgan fingerprint density at radius 2 is 1.58 bits per heavy atom. The molecule has 2 aromatic rings. The molecule has 2 rings (SSSR count). The van der Waals surface area contributed by atoms with Gasteiger partial charge in [-0.05, 0) is 35.4 Å². The summed E-state index contributed by atoms with van der Waals surface area (Å²) < 4.78 is 0. The summed E-state index contributed by atoms with van der Waals surface area (Å²) in [5, 5.41) is 12.7. The lowest BCUT2D eigenvalue weighted by molar-refractivity contribution is -0.120. The molecule has 19 heavy (non-hydrogen) atoms. The van der Waals surface area contributed by atoms with E-state index < -0.39 is 0 Å². The van der Waals surface area contributed by atoms with Crippen LogP contribution < -0.4 is 5.32 Å². The smallest absolute Gasteiger partial charge is 0.224 e. The zero-order valence-electron chi connectivity index (χ0n) is 10.3. The Hall–Kier alpha value is -2.00. The number of amides is 1. The number of benzene rings is 2. The van der Waals surface area contributed by atoms with Crippen LogP contribution in [0.4, 0.5) is 0 Å². The van der Waals surface area contributed by atoms with E-state index in [1.54, 1.807) is 36.4 Å². The van der Waals surface area contributed by atoms with Gasteiger partial charge in [0.2, 0.25) is 5.91 Å². The highest BCUT2D eigenvalue weighted by Gasteiger charge is 2.03. The molecule has 0 radical (unpaired) electrons. The molecule has 98 valence electrons. The molecule has 3 nitrogen and oxygen atoms in total. The molecule has 0 saturated carbocycles. The van der Waals surface area contributed by atoms with Gasteiger partial charge < -0.3 is 10.4 Å². The molecule has 4 heteroatoms. The van der Waals surface area contributed by atoms with Gasteiger partial charge in [-0.1, -0.05) is 35.9 Å². The number of hydrogen-bond donors (Lipinski definition) is 2. The zero-order valence-corrected chi connectivity index (χ0v) is 11.0. The third-order valence-corrected chi connectivity index (χ3v) is 2.96. The number of nitrogens with one attached hydrogen (secondary N) is 1. The van der Waals surface area contributed by atoms with Crippen molar-refractivity contribution in [2.75, 3.05) is 0 Å². The van der Waals surface area contributed by atoms with Crippen molar-refractivity contribution in [1.82, 2.24) is 5.32 Å². The average Bonchev–Trinajstić information content (AvgIpc) is 2.41. The molecule has 0 saturated heterocycles.